The Morgan fingerprint density at radius 2 is 2.29 bits per heavy atom. The van der Waals surface area contributed by atoms with Crippen LogP contribution in [-0.4, -0.2) is 31.5 Å². The zero-order valence-corrected chi connectivity index (χ0v) is 13.0. The number of hydrogen-bond acceptors (Lipinski definition) is 5. The molecule has 0 aliphatic carbocycles. The molecule has 1 aliphatic rings. The first-order valence-electron chi connectivity index (χ1n) is 6.91. The maximum Gasteiger partial charge on any atom is 0.257 e. The van der Waals surface area contributed by atoms with E-state index in [0.717, 1.165) is 30.9 Å². The number of benzene rings is 1. The van der Waals surface area contributed by atoms with Gasteiger partial charge in [-0.25, -0.2) is 4.98 Å². The van der Waals surface area contributed by atoms with Gasteiger partial charge in [0.1, 0.15) is 0 Å². The number of amides is 1. The molecule has 21 heavy (non-hydrogen) atoms. The van der Waals surface area contributed by atoms with E-state index in [0.29, 0.717) is 10.7 Å². The molecule has 110 valence electrons. The van der Waals surface area contributed by atoms with E-state index in [4.69, 9.17) is 0 Å². The van der Waals surface area contributed by atoms with Gasteiger partial charge in [-0.3, -0.25) is 10.1 Å². The Hall–Kier alpha value is -1.92. The molecule has 0 saturated heterocycles. The van der Waals surface area contributed by atoms with E-state index in [1.807, 2.05) is 43.3 Å². The van der Waals surface area contributed by atoms with Crippen LogP contribution in [0.25, 0.3) is 0 Å². The molecule has 0 fully saturated rings. The summed E-state index contributed by atoms with van der Waals surface area (Å²) >= 11 is 1.55. The molecule has 2 N–H and O–H groups in total. The predicted molar refractivity (Wildman–Crippen MR) is 86.2 cm³/mol. The Morgan fingerprint density at radius 1 is 1.43 bits per heavy atom. The summed E-state index contributed by atoms with van der Waals surface area (Å²) in [7, 11) is 3.91. The van der Waals surface area contributed by atoms with Crippen molar-refractivity contribution >= 4 is 28.1 Å². The van der Waals surface area contributed by atoms with E-state index >= 15 is 0 Å². The second-order valence-corrected chi connectivity index (χ2v) is 6.30. The van der Waals surface area contributed by atoms with E-state index in [2.05, 4.69) is 15.6 Å². The van der Waals surface area contributed by atoms with Gasteiger partial charge >= 0.3 is 0 Å². The summed E-state index contributed by atoms with van der Waals surface area (Å²) in [5.41, 5.74) is 2.76. The fourth-order valence-electron chi connectivity index (χ4n) is 2.27. The van der Waals surface area contributed by atoms with Crippen LogP contribution in [0.2, 0.25) is 0 Å². The molecule has 0 unspecified atom stereocenters. The molecule has 0 spiro atoms. The monoisotopic (exact) mass is 302 g/mol. The molecular formula is C15H18N4OS. The van der Waals surface area contributed by atoms with Crippen LogP contribution >= 0.6 is 11.3 Å². The molecule has 5 nitrogen and oxygen atoms in total. The normalized spacial score (nSPS) is 13.6. The van der Waals surface area contributed by atoms with Crippen LogP contribution in [-0.2, 0) is 13.0 Å². The standard InChI is InChI=1S/C15H18N4OS/c1-19(2)11-5-3-4-10(8-11)14(20)18-15-17-12-6-7-16-9-13(12)21-15/h3-5,8,16H,6-7,9H2,1-2H3,(H,17,18,20). The number of carbonyl (C=O) groups excluding carboxylic acids is 1. The number of carbonyl (C=O) groups is 1. The lowest BCUT2D eigenvalue weighted by Gasteiger charge is -2.13. The van der Waals surface area contributed by atoms with Crippen LogP contribution in [0.1, 0.15) is 20.9 Å². The molecule has 3 rings (SSSR count). The smallest absolute Gasteiger partial charge is 0.257 e. The Balaban J connectivity index is 1.77. The lowest BCUT2D eigenvalue weighted by Crippen LogP contribution is -2.22. The molecule has 1 aromatic heterocycles. The van der Waals surface area contributed by atoms with Crippen LogP contribution in [0.15, 0.2) is 24.3 Å². The minimum Gasteiger partial charge on any atom is -0.378 e. The number of fused-ring (bicyclic) bond motifs is 1. The zero-order valence-electron chi connectivity index (χ0n) is 12.1. The van der Waals surface area contributed by atoms with Crippen molar-refractivity contribution in [2.45, 2.75) is 13.0 Å². The first-order chi connectivity index (χ1) is 10.1. The van der Waals surface area contributed by atoms with Gasteiger partial charge in [-0.05, 0) is 18.2 Å². The molecule has 6 heteroatoms. The number of nitrogens with one attached hydrogen (secondary N) is 2. The Bertz CT molecular complexity index is 642. The SMILES string of the molecule is CN(C)c1cccc(C(=O)Nc2nc3c(s2)CNCC3)c1. The maximum atomic E-state index is 12.3. The third-order valence-electron chi connectivity index (χ3n) is 3.45. The van der Waals surface area contributed by atoms with E-state index in [-0.39, 0.29) is 5.91 Å². The van der Waals surface area contributed by atoms with E-state index in [1.165, 1.54) is 4.88 Å². The molecule has 1 aromatic carbocycles. The molecule has 1 aliphatic heterocycles. The highest BCUT2D eigenvalue weighted by Crippen LogP contribution is 2.26. The van der Waals surface area contributed by atoms with Crippen LogP contribution in [0, 0.1) is 0 Å². The fraction of sp³-hybridized carbons (Fsp3) is 0.333. The second-order valence-electron chi connectivity index (χ2n) is 5.21. The molecule has 1 amide bonds. The lowest BCUT2D eigenvalue weighted by atomic mass is 10.2. The Labute approximate surface area is 128 Å². The van der Waals surface area contributed by atoms with E-state index in [1.54, 1.807) is 11.3 Å². The van der Waals surface area contributed by atoms with Crippen molar-refractivity contribution in [1.82, 2.24) is 10.3 Å². The first kappa shape index (κ1) is 14.0. The Morgan fingerprint density at radius 3 is 3.05 bits per heavy atom. The van der Waals surface area contributed by atoms with Crippen LogP contribution in [0.5, 0.6) is 0 Å². The minimum atomic E-state index is -0.113. The topological polar surface area (TPSA) is 57.3 Å². The average Bonchev–Trinajstić information content (AvgIpc) is 2.89. The highest BCUT2D eigenvalue weighted by atomic mass is 32.1. The zero-order chi connectivity index (χ0) is 14.8. The number of rotatable bonds is 3. The third-order valence-corrected chi connectivity index (χ3v) is 4.46. The number of nitrogens with zero attached hydrogens (tertiary/aromatic N) is 2. The van der Waals surface area contributed by atoms with Crippen LogP contribution < -0.4 is 15.5 Å². The van der Waals surface area contributed by atoms with Crippen LogP contribution in [0.4, 0.5) is 10.8 Å². The van der Waals surface area contributed by atoms with Gasteiger partial charge < -0.3 is 10.2 Å². The van der Waals surface area contributed by atoms with Gasteiger partial charge in [0.2, 0.25) is 0 Å². The third kappa shape index (κ3) is 3.06. The largest absolute Gasteiger partial charge is 0.378 e. The first-order valence-corrected chi connectivity index (χ1v) is 7.73. The summed E-state index contributed by atoms with van der Waals surface area (Å²) in [4.78, 5) is 20.0. The van der Waals surface area contributed by atoms with Gasteiger partial charge in [-0.15, -0.1) is 11.3 Å². The summed E-state index contributed by atoms with van der Waals surface area (Å²) in [6.07, 6.45) is 0.928. The van der Waals surface area contributed by atoms with E-state index in [9.17, 15) is 4.79 Å². The van der Waals surface area contributed by atoms with Crippen LogP contribution in [0.3, 0.4) is 0 Å². The van der Waals surface area contributed by atoms with Crippen molar-refractivity contribution in [2.75, 3.05) is 30.9 Å². The summed E-state index contributed by atoms with van der Waals surface area (Å²) in [5, 5.41) is 6.90. The Kier molecular flexibility index (Phi) is 3.90. The molecule has 2 aromatic rings. The summed E-state index contributed by atoms with van der Waals surface area (Å²) in [6.45, 7) is 1.80. The molecular weight excluding hydrogens is 284 g/mol. The number of aromatic nitrogens is 1. The maximum absolute atomic E-state index is 12.3. The van der Waals surface area contributed by atoms with Gasteiger partial charge in [0, 0.05) is 49.7 Å². The van der Waals surface area contributed by atoms with Crippen molar-refractivity contribution in [1.29, 1.82) is 0 Å². The molecule has 0 saturated carbocycles. The van der Waals surface area contributed by atoms with Gasteiger partial charge in [0.15, 0.2) is 5.13 Å². The second kappa shape index (κ2) is 5.83. The van der Waals surface area contributed by atoms with Crippen molar-refractivity contribution in [3.63, 3.8) is 0 Å². The highest BCUT2D eigenvalue weighted by molar-refractivity contribution is 7.15. The average molecular weight is 302 g/mol. The van der Waals surface area contributed by atoms with Crippen molar-refractivity contribution in [3.8, 4) is 0 Å². The molecule has 2 heterocycles. The van der Waals surface area contributed by atoms with Gasteiger partial charge in [-0.2, -0.15) is 0 Å². The van der Waals surface area contributed by atoms with E-state index < -0.39 is 0 Å². The number of anilines is 2. The predicted octanol–water partition coefficient (Wildman–Crippen LogP) is 2.11. The van der Waals surface area contributed by atoms with Gasteiger partial charge in [0.05, 0.1) is 5.69 Å². The van der Waals surface area contributed by atoms with Crippen molar-refractivity contribution in [3.05, 3.63) is 40.4 Å². The summed E-state index contributed by atoms with van der Waals surface area (Å²) in [6, 6.07) is 7.56. The fourth-order valence-corrected chi connectivity index (χ4v) is 3.25. The van der Waals surface area contributed by atoms with Crippen molar-refractivity contribution in [2.24, 2.45) is 0 Å². The summed E-state index contributed by atoms with van der Waals surface area (Å²) < 4.78 is 0. The van der Waals surface area contributed by atoms with Gasteiger partial charge in [-0.1, -0.05) is 6.07 Å². The van der Waals surface area contributed by atoms with Crippen molar-refractivity contribution < 1.29 is 4.79 Å². The molecule has 0 radical (unpaired) electrons. The number of hydrogen-bond donors (Lipinski definition) is 2. The minimum absolute atomic E-state index is 0.113. The molecule has 0 atom stereocenters. The highest BCUT2D eigenvalue weighted by Gasteiger charge is 2.16. The molecule has 0 bridgehead atoms. The number of thiazole rings is 1. The quantitative estimate of drug-likeness (QED) is 0.912. The van der Waals surface area contributed by atoms with Gasteiger partial charge in [0.25, 0.3) is 5.91 Å². The lowest BCUT2D eigenvalue weighted by molar-refractivity contribution is 0.102. The summed E-state index contributed by atoms with van der Waals surface area (Å²) in [5.74, 6) is -0.113.